The number of carbonyl (C=O) groups is 1. The summed E-state index contributed by atoms with van der Waals surface area (Å²) in [5.41, 5.74) is 0.220. The van der Waals surface area contributed by atoms with Gasteiger partial charge in [-0.1, -0.05) is 11.3 Å². The Hall–Kier alpha value is -2.09. The second kappa shape index (κ2) is 6.80. The predicted octanol–water partition coefficient (Wildman–Crippen LogP) is 4.49. The van der Waals surface area contributed by atoms with Crippen LogP contribution in [0.1, 0.15) is 29.6 Å². The molecule has 4 nitrogen and oxygen atoms in total. The largest absolute Gasteiger partial charge is 0.431 e. The molecule has 3 rings (SSSR count). The van der Waals surface area contributed by atoms with Crippen molar-refractivity contribution < 1.29 is 22.7 Å². The molecule has 128 valence electrons. The van der Waals surface area contributed by atoms with Crippen molar-refractivity contribution in [1.82, 2.24) is 9.88 Å². The standard InChI is InChI=1S/C16H15F3N2O2S/c17-16(18,19)13-3-1-2-9-21(13)14(22)11-4-6-12(7-5-11)23-15-20-8-10-24-15/h4-8,10,13H,1-3,9H2. The molecule has 1 aromatic heterocycles. The first-order valence-electron chi connectivity index (χ1n) is 7.50. The molecule has 1 atom stereocenters. The van der Waals surface area contributed by atoms with E-state index in [-0.39, 0.29) is 18.5 Å². The number of amides is 1. The molecule has 0 spiro atoms. The average Bonchev–Trinajstić information content (AvgIpc) is 3.07. The number of piperidine rings is 1. The van der Waals surface area contributed by atoms with Crippen molar-refractivity contribution in [3.8, 4) is 10.9 Å². The monoisotopic (exact) mass is 356 g/mol. The number of rotatable bonds is 3. The van der Waals surface area contributed by atoms with E-state index < -0.39 is 18.1 Å². The van der Waals surface area contributed by atoms with Gasteiger partial charge in [0, 0.05) is 23.7 Å². The molecule has 0 N–H and O–H groups in total. The van der Waals surface area contributed by atoms with Crippen molar-refractivity contribution in [2.75, 3.05) is 6.54 Å². The van der Waals surface area contributed by atoms with Crippen LogP contribution in [0.5, 0.6) is 10.9 Å². The summed E-state index contributed by atoms with van der Waals surface area (Å²) in [6, 6.07) is 4.37. The molecule has 1 unspecified atom stereocenters. The number of alkyl halides is 3. The van der Waals surface area contributed by atoms with Gasteiger partial charge in [-0.3, -0.25) is 4.79 Å². The van der Waals surface area contributed by atoms with Crippen LogP contribution < -0.4 is 4.74 Å². The maximum atomic E-state index is 13.1. The Kier molecular flexibility index (Phi) is 4.75. The molecule has 1 fully saturated rings. The number of nitrogens with zero attached hydrogens (tertiary/aromatic N) is 2. The van der Waals surface area contributed by atoms with E-state index >= 15 is 0 Å². The predicted molar refractivity (Wildman–Crippen MR) is 83.4 cm³/mol. The van der Waals surface area contributed by atoms with E-state index in [2.05, 4.69) is 4.98 Å². The lowest BCUT2D eigenvalue weighted by Gasteiger charge is -2.36. The van der Waals surface area contributed by atoms with E-state index in [1.807, 2.05) is 0 Å². The van der Waals surface area contributed by atoms with Gasteiger partial charge in [0.15, 0.2) is 0 Å². The summed E-state index contributed by atoms with van der Waals surface area (Å²) in [5.74, 6) is -0.120. The molecule has 0 saturated carbocycles. The van der Waals surface area contributed by atoms with Gasteiger partial charge in [-0.15, -0.1) is 0 Å². The molecule has 2 heterocycles. The van der Waals surface area contributed by atoms with Crippen molar-refractivity contribution in [1.29, 1.82) is 0 Å². The van der Waals surface area contributed by atoms with E-state index in [0.717, 1.165) is 4.90 Å². The Labute approximate surface area is 140 Å². The van der Waals surface area contributed by atoms with E-state index in [1.165, 1.54) is 23.5 Å². The van der Waals surface area contributed by atoms with Crippen LogP contribution in [-0.4, -0.2) is 34.6 Å². The van der Waals surface area contributed by atoms with Gasteiger partial charge in [0.05, 0.1) is 0 Å². The Bertz CT molecular complexity index is 686. The number of hydrogen-bond donors (Lipinski definition) is 0. The molecule has 0 radical (unpaired) electrons. The molecular weight excluding hydrogens is 341 g/mol. The molecule has 1 saturated heterocycles. The average molecular weight is 356 g/mol. The number of benzene rings is 1. The van der Waals surface area contributed by atoms with Gasteiger partial charge in [-0.25, -0.2) is 4.98 Å². The Morgan fingerprint density at radius 3 is 2.62 bits per heavy atom. The lowest BCUT2D eigenvalue weighted by molar-refractivity contribution is -0.183. The molecule has 1 amide bonds. The molecule has 0 bridgehead atoms. The van der Waals surface area contributed by atoms with Crippen molar-refractivity contribution >= 4 is 17.2 Å². The minimum Gasteiger partial charge on any atom is -0.431 e. The summed E-state index contributed by atoms with van der Waals surface area (Å²) in [7, 11) is 0. The van der Waals surface area contributed by atoms with Gasteiger partial charge in [-0.2, -0.15) is 13.2 Å². The minimum absolute atomic E-state index is 0.0412. The fourth-order valence-corrected chi connectivity index (χ4v) is 3.21. The summed E-state index contributed by atoms with van der Waals surface area (Å²) in [6.45, 7) is 0.125. The number of ether oxygens (including phenoxy) is 1. The molecule has 1 aliphatic heterocycles. The highest BCUT2D eigenvalue weighted by molar-refractivity contribution is 7.11. The summed E-state index contributed by atoms with van der Waals surface area (Å²) >= 11 is 1.32. The Balaban J connectivity index is 1.74. The molecule has 24 heavy (non-hydrogen) atoms. The van der Waals surface area contributed by atoms with Crippen LogP contribution in [0.3, 0.4) is 0 Å². The first-order chi connectivity index (χ1) is 11.4. The zero-order valence-electron chi connectivity index (χ0n) is 12.6. The van der Waals surface area contributed by atoms with Crippen LogP contribution in [-0.2, 0) is 0 Å². The van der Waals surface area contributed by atoms with Crippen LogP contribution in [0, 0.1) is 0 Å². The number of likely N-dealkylation sites (tertiary alicyclic amines) is 1. The van der Waals surface area contributed by atoms with Gasteiger partial charge in [0.2, 0.25) is 0 Å². The van der Waals surface area contributed by atoms with Gasteiger partial charge in [0.25, 0.3) is 11.1 Å². The number of halogens is 3. The zero-order valence-corrected chi connectivity index (χ0v) is 13.4. The summed E-state index contributed by atoms with van der Waals surface area (Å²) in [4.78, 5) is 17.4. The van der Waals surface area contributed by atoms with Crippen LogP contribution in [0.25, 0.3) is 0 Å². The van der Waals surface area contributed by atoms with Gasteiger partial charge in [0.1, 0.15) is 11.8 Å². The summed E-state index contributed by atoms with van der Waals surface area (Å²) in [6.07, 6.45) is -1.77. The van der Waals surface area contributed by atoms with Crippen molar-refractivity contribution in [2.45, 2.75) is 31.5 Å². The van der Waals surface area contributed by atoms with Crippen molar-refractivity contribution in [3.63, 3.8) is 0 Å². The van der Waals surface area contributed by atoms with Gasteiger partial charge in [-0.05, 0) is 43.5 Å². The summed E-state index contributed by atoms with van der Waals surface area (Å²) < 4.78 is 44.8. The second-order valence-corrected chi connectivity index (χ2v) is 6.33. The lowest BCUT2D eigenvalue weighted by Crippen LogP contribution is -2.51. The highest BCUT2D eigenvalue weighted by atomic mass is 32.1. The summed E-state index contributed by atoms with van der Waals surface area (Å²) in [5, 5.41) is 2.23. The first kappa shape index (κ1) is 16.8. The molecule has 1 aliphatic rings. The smallest absolute Gasteiger partial charge is 0.408 e. The maximum Gasteiger partial charge on any atom is 0.408 e. The van der Waals surface area contributed by atoms with Crippen molar-refractivity contribution in [3.05, 3.63) is 41.4 Å². The Morgan fingerprint density at radius 2 is 2.00 bits per heavy atom. The van der Waals surface area contributed by atoms with Crippen molar-refractivity contribution in [2.24, 2.45) is 0 Å². The quantitative estimate of drug-likeness (QED) is 0.814. The van der Waals surface area contributed by atoms with Crippen LogP contribution in [0.2, 0.25) is 0 Å². The van der Waals surface area contributed by atoms with Crippen LogP contribution >= 0.6 is 11.3 Å². The third-order valence-corrected chi connectivity index (χ3v) is 4.51. The molecule has 1 aromatic carbocycles. The molecular formula is C16H15F3N2O2S. The fourth-order valence-electron chi connectivity index (χ4n) is 2.71. The van der Waals surface area contributed by atoms with E-state index in [1.54, 1.807) is 23.7 Å². The van der Waals surface area contributed by atoms with E-state index in [4.69, 9.17) is 4.74 Å². The number of carbonyl (C=O) groups excluding carboxylic acids is 1. The van der Waals surface area contributed by atoms with Gasteiger partial charge >= 0.3 is 6.18 Å². The number of aromatic nitrogens is 1. The molecule has 8 heteroatoms. The lowest BCUT2D eigenvalue weighted by atomic mass is 10.0. The van der Waals surface area contributed by atoms with Crippen LogP contribution in [0.15, 0.2) is 35.8 Å². The highest BCUT2D eigenvalue weighted by Crippen LogP contribution is 2.33. The highest BCUT2D eigenvalue weighted by Gasteiger charge is 2.46. The van der Waals surface area contributed by atoms with E-state index in [0.29, 0.717) is 23.8 Å². The zero-order chi connectivity index (χ0) is 17.2. The molecule has 0 aliphatic carbocycles. The second-order valence-electron chi connectivity index (χ2n) is 5.48. The molecule has 2 aromatic rings. The number of thiazole rings is 1. The van der Waals surface area contributed by atoms with E-state index in [9.17, 15) is 18.0 Å². The topological polar surface area (TPSA) is 42.4 Å². The third kappa shape index (κ3) is 3.69. The normalized spacial score (nSPS) is 18.5. The fraction of sp³-hybridized carbons (Fsp3) is 0.375. The van der Waals surface area contributed by atoms with Crippen LogP contribution in [0.4, 0.5) is 13.2 Å². The minimum atomic E-state index is -4.40. The third-order valence-electron chi connectivity index (χ3n) is 3.86. The van der Waals surface area contributed by atoms with Gasteiger partial charge < -0.3 is 9.64 Å². The SMILES string of the molecule is O=C(c1ccc(Oc2nccs2)cc1)N1CCCCC1C(F)(F)F. The first-order valence-corrected chi connectivity index (χ1v) is 8.38. The number of hydrogen-bond acceptors (Lipinski definition) is 4. The Morgan fingerprint density at radius 1 is 1.25 bits per heavy atom. The maximum absolute atomic E-state index is 13.1.